The number of hydrogen-bond donors (Lipinski definition) is 1. The molecular formula is C11H20ClNO2. The van der Waals surface area contributed by atoms with Crippen LogP contribution in [0.15, 0.2) is 0 Å². The highest BCUT2D eigenvalue weighted by atomic mass is 35.5. The first-order valence-electron chi connectivity index (χ1n) is 5.73. The molecule has 1 aliphatic heterocycles. The number of esters is 1. The minimum atomic E-state index is 0. The van der Waals surface area contributed by atoms with Crippen molar-refractivity contribution in [2.45, 2.75) is 32.1 Å². The zero-order chi connectivity index (χ0) is 9.80. The van der Waals surface area contributed by atoms with E-state index in [2.05, 4.69) is 5.32 Å². The number of ether oxygens (including phenoxy) is 1. The Bertz CT molecular complexity index is 201. The van der Waals surface area contributed by atoms with Gasteiger partial charge in [-0.2, -0.15) is 0 Å². The minimum absolute atomic E-state index is 0. The summed E-state index contributed by atoms with van der Waals surface area (Å²) in [7, 11) is 0. The van der Waals surface area contributed by atoms with E-state index < -0.39 is 0 Å². The van der Waals surface area contributed by atoms with Crippen molar-refractivity contribution in [3.8, 4) is 0 Å². The van der Waals surface area contributed by atoms with Gasteiger partial charge >= 0.3 is 5.97 Å². The molecule has 1 heterocycles. The summed E-state index contributed by atoms with van der Waals surface area (Å²) in [6, 6.07) is 0. The van der Waals surface area contributed by atoms with Crippen molar-refractivity contribution in [2.24, 2.45) is 11.8 Å². The number of carbonyl (C=O) groups is 1. The highest BCUT2D eigenvalue weighted by molar-refractivity contribution is 5.85. The van der Waals surface area contributed by atoms with Gasteiger partial charge in [-0.05, 0) is 51.1 Å². The summed E-state index contributed by atoms with van der Waals surface area (Å²) in [5.41, 5.74) is 0. The zero-order valence-corrected chi connectivity index (χ0v) is 9.85. The fraction of sp³-hybridized carbons (Fsp3) is 0.909. The normalized spacial score (nSPS) is 25.5. The van der Waals surface area contributed by atoms with Crippen LogP contribution in [0.5, 0.6) is 0 Å². The van der Waals surface area contributed by atoms with Gasteiger partial charge in [0.25, 0.3) is 0 Å². The summed E-state index contributed by atoms with van der Waals surface area (Å²) >= 11 is 0. The predicted molar refractivity (Wildman–Crippen MR) is 61.1 cm³/mol. The molecule has 2 rings (SSSR count). The van der Waals surface area contributed by atoms with Crippen LogP contribution in [0.2, 0.25) is 0 Å². The number of piperidine rings is 1. The van der Waals surface area contributed by atoms with E-state index in [9.17, 15) is 4.79 Å². The van der Waals surface area contributed by atoms with E-state index in [0.717, 1.165) is 38.3 Å². The van der Waals surface area contributed by atoms with Crippen LogP contribution < -0.4 is 5.32 Å². The minimum Gasteiger partial charge on any atom is -0.465 e. The molecule has 1 N–H and O–H groups in total. The van der Waals surface area contributed by atoms with Gasteiger partial charge in [-0.3, -0.25) is 4.79 Å². The molecule has 1 aliphatic carbocycles. The quantitative estimate of drug-likeness (QED) is 0.752. The topological polar surface area (TPSA) is 38.3 Å². The van der Waals surface area contributed by atoms with Crippen molar-refractivity contribution >= 4 is 18.4 Å². The van der Waals surface area contributed by atoms with Crippen molar-refractivity contribution in [2.75, 3.05) is 19.7 Å². The highest BCUT2D eigenvalue weighted by Crippen LogP contribution is 2.30. The molecule has 2 aliphatic rings. The molecule has 1 saturated carbocycles. The maximum absolute atomic E-state index is 11.2. The molecule has 2 fully saturated rings. The molecule has 0 aromatic rings. The molecule has 4 heteroatoms. The molecule has 0 aromatic carbocycles. The van der Waals surface area contributed by atoms with E-state index in [4.69, 9.17) is 4.74 Å². The number of nitrogens with one attached hydrogen (secondary N) is 1. The third-order valence-corrected chi connectivity index (χ3v) is 3.08. The fourth-order valence-electron chi connectivity index (χ4n) is 1.93. The van der Waals surface area contributed by atoms with E-state index in [-0.39, 0.29) is 24.3 Å². The molecule has 0 radical (unpaired) electrons. The van der Waals surface area contributed by atoms with E-state index >= 15 is 0 Å². The van der Waals surface area contributed by atoms with E-state index in [0.29, 0.717) is 6.61 Å². The molecule has 88 valence electrons. The zero-order valence-electron chi connectivity index (χ0n) is 9.04. The third-order valence-electron chi connectivity index (χ3n) is 3.08. The lowest BCUT2D eigenvalue weighted by Crippen LogP contribution is -2.30. The van der Waals surface area contributed by atoms with Gasteiger partial charge in [-0.15, -0.1) is 12.4 Å². The number of rotatable bonds is 4. The van der Waals surface area contributed by atoms with Gasteiger partial charge in [-0.25, -0.2) is 0 Å². The molecule has 1 atom stereocenters. The van der Waals surface area contributed by atoms with Crippen molar-refractivity contribution < 1.29 is 9.53 Å². The predicted octanol–water partition coefficient (Wildman–Crippen LogP) is 1.75. The van der Waals surface area contributed by atoms with Crippen molar-refractivity contribution in [3.05, 3.63) is 0 Å². The Labute approximate surface area is 97.4 Å². The molecule has 3 nitrogen and oxygen atoms in total. The molecule has 1 unspecified atom stereocenters. The lowest BCUT2D eigenvalue weighted by molar-refractivity contribution is -0.145. The fourth-order valence-corrected chi connectivity index (χ4v) is 1.93. The monoisotopic (exact) mass is 233 g/mol. The smallest absolute Gasteiger partial charge is 0.308 e. The van der Waals surface area contributed by atoms with Gasteiger partial charge < -0.3 is 10.1 Å². The van der Waals surface area contributed by atoms with Gasteiger partial charge in [0.15, 0.2) is 0 Å². The Morgan fingerprint density at radius 1 is 1.33 bits per heavy atom. The van der Waals surface area contributed by atoms with E-state index in [1.54, 1.807) is 0 Å². The second kappa shape index (κ2) is 6.33. The Balaban J connectivity index is 0.00000112. The summed E-state index contributed by atoms with van der Waals surface area (Å²) in [5, 5.41) is 3.37. The summed E-state index contributed by atoms with van der Waals surface area (Å²) < 4.78 is 5.20. The molecule has 1 saturated heterocycles. The molecule has 0 bridgehead atoms. The first-order valence-corrected chi connectivity index (χ1v) is 5.73. The maximum Gasteiger partial charge on any atom is 0.308 e. The standard InChI is InChI=1S/C11H19NO2.ClH/c13-11(10-3-4-10)14-7-5-9-2-1-6-12-8-9;/h9-10,12H,1-8H2;1H. The molecule has 15 heavy (non-hydrogen) atoms. The van der Waals surface area contributed by atoms with Crippen LogP contribution >= 0.6 is 12.4 Å². The number of carbonyl (C=O) groups excluding carboxylic acids is 1. The highest BCUT2D eigenvalue weighted by Gasteiger charge is 2.31. The Morgan fingerprint density at radius 3 is 2.73 bits per heavy atom. The van der Waals surface area contributed by atoms with Gasteiger partial charge in [0.2, 0.25) is 0 Å². The van der Waals surface area contributed by atoms with E-state index in [1.807, 2.05) is 0 Å². The lowest BCUT2D eigenvalue weighted by Gasteiger charge is -2.22. The van der Waals surface area contributed by atoms with Crippen molar-refractivity contribution in [1.82, 2.24) is 5.32 Å². The summed E-state index contributed by atoms with van der Waals surface area (Å²) in [5.74, 6) is 1.00. The van der Waals surface area contributed by atoms with Crippen molar-refractivity contribution in [1.29, 1.82) is 0 Å². The molecular weight excluding hydrogens is 214 g/mol. The van der Waals surface area contributed by atoms with Gasteiger partial charge in [0.1, 0.15) is 0 Å². The lowest BCUT2D eigenvalue weighted by atomic mass is 9.97. The average Bonchev–Trinajstić information content (AvgIpc) is 3.02. The Kier molecular flexibility index (Phi) is 5.40. The van der Waals surface area contributed by atoms with Crippen LogP contribution in [0.3, 0.4) is 0 Å². The van der Waals surface area contributed by atoms with Crippen molar-refractivity contribution in [3.63, 3.8) is 0 Å². The average molecular weight is 234 g/mol. The van der Waals surface area contributed by atoms with Crippen LogP contribution in [0.1, 0.15) is 32.1 Å². The molecule has 0 spiro atoms. The van der Waals surface area contributed by atoms with Crippen LogP contribution in [0.25, 0.3) is 0 Å². The van der Waals surface area contributed by atoms with Crippen LogP contribution in [0.4, 0.5) is 0 Å². The number of hydrogen-bond acceptors (Lipinski definition) is 3. The Hall–Kier alpha value is -0.280. The molecule has 0 amide bonds. The molecule has 0 aromatic heterocycles. The Morgan fingerprint density at radius 2 is 2.13 bits per heavy atom. The first kappa shape index (κ1) is 12.8. The second-order valence-corrected chi connectivity index (χ2v) is 4.44. The largest absolute Gasteiger partial charge is 0.465 e. The number of halogens is 1. The van der Waals surface area contributed by atoms with Crippen LogP contribution in [0, 0.1) is 11.8 Å². The maximum atomic E-state index is 11.2. The van der Waals surface area contributed by atoms with E-state index in [1.165, 1.54) is 12.8 Å². The van der Waals surface area contributed by atoms with Gasteiger partial charge in [-0.1, -0.05) is 0 Å². The first-order chi connectivity index (χ1) is 6.86. The SMILES string of the molecule is Cl.O=C(OCCC1CCCNC1)C1CC1. The summed E-state index contributed by atoms with van der Waals surface area (Å²) in [6.07, 6.45) is 5.67. The summed E-state index contributed by atoms with van der Waals surface area (Å²) in [6.45, 7) is 2.88. The van der Waals surface area contributed by atoms with Crippen LogP contribution in [-0.4, -0.2) is 25.7 Å². The van der Waals surface area contributed by atoms with Gasteiger partial charge in [0, 0.05) is 0 Å². The third kappa shape index (κ3) is 4.39. The summed E-state index contributed by atoms with van der Waals surface area (Å²) in [4.78, 5) is 11.2. The van der Waals surface area contributed by atoms with Gasteiger partial charge in [0.05, 0.1) is 12.5 Å². The second-order valence-electron chi connectivity index (χ2n) is 4.44. The van der Waals surface area contributed by atoms with Crippen LogP contribution in [-0.2, 0) is 9.53 Å².